The number of anilines is 2. The monoisotopic (exact) mass is 207 g/mol. The van der Waals surface area contributed by atoms with Gasteiger partial charge >= 0.3 is 0 Å². The molecule has 1 aliphatic rings. The zero-order valence-electron chi connectivity index (χ0n) is 9.03. The molecule has 5 nitrogen and oxygen atoms in total. The van der Waals surface area contributed by atoms with Crippen molar-refractivity contribution in [3.05, 3.63) is 11.9 Å². The summed E-state index contributed by atoms with van der Waals surface area (Å²) in [5.74, 6) is 2.01. The van der Waals surface area contributed by atoms with Gasteiger partial charge in [-0.3, -0.25) is 0 Å². The van der Waals surface area contributed by atoms with Crippen molar-refractivity contribution in [2.45, 2.75) is 26.2 Å². The zero-order valence-corrected chi connectivity index (χ0v) is 9.03. The van der Waals surface area contributed by atoms with E-state index in [4.69, 9.17) is 5.73 Å². The van der Waals surface area contributed by atoms with E-state index in [9.17, 15) is 0 Å². The third-order valence-corrected chi connectivity index (χ3v) is 2.49. The molecule has 1 saturated heterocycles. The van der Waals surface area contributed by atoms with Crippen LogP contribution in [0.1, 0.15) is 25.1 Å². The lowest BCUT2D eigenvalue weighted by Gasteiger charge is -2.27. The number of nitrogens with two attached hydrogens (primary N) is 1. The summed E-state index contributed by atoms with van der Waals surface area (Å²) in [7, 11) is 0. The Morgan fingerprint density at radius 3 is 2.67 bits per heavy atom. The van der Waals surface area contributed by atoms with E-state index in [0.717, 1.165) is 18.9 Å². The van der Waals surface area contributed by atoms with E-state index < -0.39 is 0 Å². The summed E-state index contributed by atoms with van der Waals surface area (Å²) >= 11 is 0. The minimum absolute atomic E-state index is 0.516. The average molecular weight is 207 g/mol. The molecule has 15 heavy (non-hydrogen) atoms. The van der Waals surface area contributed by atoms with E-state index >= 15 is 0 Å². The average Bonchev–Trinajstić information content (AvgIpc) is 2.17. The molecular formula is C10H17N5. The number of hydrogen-bond donors (Lipinski definition) is 2. The van der Waals surface area contributed by atoms with Crippen LogP contribution in [0, 0.1) is 6.92 Å². The number of piperidine rings is 1. The van der Waals surface area contributed by atoms with Gasteiger partial charge in [-0.15, -0.1) is 0 Å². The van der Waals surface area contributed by atoms with Crippen molar-refractivity contribution in [3.63, 3.8) is 0 Å². The molecule has 1 fully saturated rings. The predicted molar refractivity (Wildman–Crippen MR) is 60.2 cm³/mol. The van der Waals surface area contributed by atoms with Crippen LogP contribution < -0.4 is 11.2 Å². The number of hydrazine groups is 1. The molecule has 1 aliphatic heterocycles. The second-order valence-corrected chi connectivity index (χ2v) is 3.88. The number of hydrogen-bond acceptors (Lipinski definition) is 5. The Balaban J connectivity index is 2.02. The Morgan fingerprint density at radius 2 is 2.00 bits per heavy atom. The maximum absolute atomic E-state index is 5.65. The Kier molecular flexibility index (Phi) is 3.01. The molecule has 82 valence electrons. The maximum atomic E-state index is 5.65. The van der Waals surface area contributed by atoms with Crippen LogP contribution in [0.25, 0.3) is 0 Å². The molecule has 3 N–H and O–H groups in total. The highest BCUT2D eigenvalue weighted by Crippen LogP contribution is 2.12. The van der Waals surface area contributed by atoms with Gasteiger partial charge in [0.2, 0.25) is 0 Å². The summed E-state index contributed by atoms with van der Waals surface area (Å²) in [4.78, 5) is 8.32. The molecule has 0 amide bonds. The Hall–Kier alpha value is -1.36. The summed E-state index contributed by atoms with van der Waals surface area (Å²) in [6, 6.07) is 1.77. The van der Waals surface area contributed by atoms with E-state index in [1.165, 1.54) is 19.3 Å². The summed E-state index contributed by atoms with van der Waals surface area (Å²) in [5.41, 5.74) is 8.92. The molecule has 5 heteroatoms. The lowest BCUT2D eigenvalue weighted by molar-refractivity contribution is 0.272. The van der Waals surface area contributed by atoms with Gasteiger partial charge in [-0.2, -0.15) is 0 Å². The largest absolute Gasteiger partial charge is 0.384 e. The number of nitrogens with zero attached hydrogens (tertiary/aromatic N) is 3. The topological polar surface area (TPSA) is 67.1 Å². The number of rotatable bonds is 2. The number of aromatic nitrogens is 2. The molecule has 0 radical (unpaired) electrons. The zero-order chi connectivity index (χ0) is 10.7. The number of nitrogens with one attached hydrogen (secondary N) is 1. The Labute approximate surface area is 89.7 Å². The van der Waals surface area contributed by atoms with Gasteiger partial charge in [-0.05, 0) is 19.8 Å². The van der Waals surface area contributed by atoms with Crippen LogP contribution in [0.15, 0.2) is 6.07 Å². The SMILES string of the molecule is Cc1nc(N)cc(NN2CCCCC2)n1. The first-order valence-electron chi connectivity index (χ1n) is 5.37. The van der Waals surface area contributed by atoms with Crippen molar-refractivity contribution in [3.8, 4) is 0 Å². The maximum Gasteiger partial charge on any atom is 0.146 e. The highest BCUT2D eigenvalue weighted by Gasteiger charge is 2.10. The molecule has 2 rings (SSSR count). The first kappa shape index (κ1) is 10.2. The summed E-state index contributed by atoms with van der Waals surface area (Å²) < 4.78 is 0. The second kappa shape index (κ2) is 4.44. The fourth-order valence-corrected chi connectivity index (χ4v) is 1.82. The van der Waals surface area contributed by atoms with Gasteiger partial charge in [0.1, 0.15) is 17.5 Å². The van der Waals surface area contributed by atoms with Crippen molar-refractivity contribution in [1.82, 2.24) is 15.0 Å². The van der Waals surface area contributed by atoms with E-state index in [2.05, 4.69) is 20.4 Å². The van der Waals surface area contributed by atoms with Crippen LogP contribution in [0.3, 0.4) is 0 Å². The molecule has 0 atom stereocenters. The fraction of sp³-hybridized carbons (Fsp3) is 0.600. The number of aryl methyl sites for hydroxylation is 1. The first-order valence-corrected chi connectivity index (χ1v) is 5.37. The second-order valence-electron chi connectivity index (χ2n) is 3.88. The smallest absolute Gasteiger partial charge is 0.146 e. The minimum Gasteiger partial charge on any atom is -0.384 e. The molecule has 0 aromatic carbocycles. The standard InChI is InChI=1S/C10H17N5/c1-8-12-9(11)7-10(13-8)14-15-5-3-2-4-6-15/h7H,2-6H2,1H3,(H3,11,12,13,14). The van der Waals surface area contributed by atoms with Gasteiger partial charge in [-0.25, -0.2) is 15.0 Å². The van der Waals surface area contributed by atoms with E-state index in [1.807, 2.05) is 6.92 Å². The van der Waals surface area contributed by atoms with Gasteiger partial charge < -0.3 is 11.2 Å². The lowest BCUT2D eigenvalue weighted by Crippen LogP contribution is -2.35. The Morgan fingerprint density at radius 1 is 1.27 bits per heavy atom. The number of nitrogen functional groups attached to an aromatic ring is 1. The van der Waals surface area contributed by atoms with Gasteiger partial charge in [0, 0.05) is 19.2 Å². The third kappa shape index (κ3) is 2.79. The normalized spacial score (nSPS) is 17.7. The van der Waals surface area contributed by atoms with Crippen LogP contribution in [0.4, 0.5) is 11.6 Å². The highest BCUT2D eigenvalue weighted by molar-refractivity contribution is 5.43. The van der Waals surface area contributed by atoms with Crippen molar-refractivity contribution < 1.29 is 0 Å². The quantitative estimate of drug-likeness (QED) is 0.762. The fourth-order valence-electron chi connectivity index (χ4n) is 1.82. The van der Waals surface area contributed by atoms with E-state index in [0.29, 0.717) is 11.6 Å². The molecule has 1 aromatic rings. The van der Waals surface area contributed by atoms with Crippen LogP contribution in [-0.2, 0) is 0 Å². The van der Waals surface area contributed by atoms with Gasteiger partial charge in [-0.1, -0.05) is 6.42 Å². The van der Waals surface area contributed by atoms with E-state index in [1.54, 1.807) is 6.07 Å². The van der Waals surface area contributed by atoms with E-state index in [-0.39, 0.29) is 0 Å². The van der Waals surface area contributed by atoms with Crippen LogP contribution in [0.2, 0.25) is 0 Å². The van der Waals surface area contributed by atoms with Crippen molar-refractivity contribution in [2.24, 2.45) is 0 Å². The molecule has 0 aliphatic carbocycles. The third-order valence-electron chi connectivity index (χ3n) is 2.49. The molecular weight excluding hydrogens is 190 g/mol. The van der Waals surface area contributed by atoms with Crippen LogP contribution in [-0.4, -0.2) is 28.1 Å². The lowest BCUT2D eigenvalue weighted by atomic mass is 10.2. The highest BCUT2D eigenvalue weighted by atomic mass is 15.5. The molecule has 0 bridgehead atoms. The molecule has 1 aromatic heterocycles. The molecule has 0 spiro atoms. The first-order chi connectivity index (χ1) is 7.24. The summed E-state index contributed by atoms with van der Waals surface area (Å²) in [6.45, 7) is 3.99. The van der Waals surface area contributed by atoms with Gasteiger partial charge in [0.15, 0.2) is 0 Å². The van der Waals surface area contributed by atoms with Crippen molar-refractivity contribution in [2.75, 3.05) is 24.2 Å². The van der Waals surface area contributed by atoms with Crippen molar-refractivity contribution in [1.29, 1.82) is 0 Å². The van der Waals surface area contributed by atoms with Gasteiger partial charge in [0.05, 0.1) is 0 Å². The van der Waals surface area contributed by atoms with Crippen LogP contribution in [0.5, 0.6) is 0 Å². The predicted octanol–water partition coefficient (Wildman–Crippen LogP) is 1.18. The summed E-state index contributed by atoms with van der Waals surface area (Å²) in [5, 5.41) is 2.19. The van der Waals surface area contributed by atoms with Crippen molar-refractivity contribution >= 4 is 11.6 Å². The van der Waals surface area contributed by atoms with Crippen LogP contribution >= 0.6 is 0 Å². The van der Waals surface area contributed by atoms with Gasteiger partial charge in [0.25, 0.3) is 0 Å². The molecule has 2 heterocycles. The summed E-state index contributed by atoms with van der Waals surface area (Å²) in [6.07, 6.45) is 3.81. The molecule has 0 saturated carbocycles. The molecule has 0 unspecified atom stereocenters. The minimum atomic E-state index is 0.516. The Bertz CT molecular complexity index is 312.